The molecule has 0 aliphatic carbocycles. The molecule has 16 heavy (non-hydrogen) atoms. The minimum absolute atomic E-state index is 0. The predicted octanol–water partition coefficient (Wildman–Crippen LogP) is 1.62. The van der Waals surface area contributed by atoms with Crippen LogP contribution in [0.1, 0.15) is 0 Å². The van der Waals surface area contributed by atoms with Gasteiger partial charge in [-0.3, -0.25) is 4.79 Å². The average molecular weight is 245 g/mol. The Labute approximate surface area is 102 Å². The summed E-state index contributed by atoms with van der Waals surface area (Å²) in [7, 11) is 5.30. The number of carbonyl (C=O) groups excluding carboxylic acids is 1. The number of nitrogens with one attached hydrogen (secondary N) is 1. The highest BCUT2D eigenvalue weighted by Gasteiger charge is 2.03. The van der Waals surface area contributed by atoms with Crippen LogP contribution in [0.15, 0.2) is 24.3 Å². The number of anilines is 1. The van der Waals surface area contributed by atoms with Crippen LogP contribution >= 0.6 is 12.4 Å². The smallest absolute Gasteiger partial charge is 0.238 e. The second-order valence-electron chi connectivity index (χ2n) is 3.52. The number of methoxy groups -OCH3 is 1. The van der Waals surface area contributed by atoms with Gasteiger partial charge in [-0.1, -0.05) is 6.07 Å². The molecule has 0 heterocycles. The molecule has 5 heteroatoms. The summed E-state index contributed by atoms with van der Waals surface area (Å²) >= 11 is 0. The van der Waals surface area contributed by atoms with Crippen molar-refractivity contribution < 1.29 is 9.53 Å². The van der Waals surface area contributed by atoms with Gasteiger partial charge in [0.1, 0.15) is 5.75 Å². The summed E-state index contributed by atoms with van der Waals surface area (Å²) in [6.07, 6.45) is 0. The molecule has 0 aromatic heterocycles. The molecule has 1 N–H and O–H groups in total. The largest absolute Gasteiger partial charge is 0.497 e. The molecule has 0 saturated carbocycles. The molecule has 1 aromatic carbocycles. The quantitative estimate of drug-likeness (QED) is 0.875. The van der Waals surface area contributed by atoms with Crippen molar-refractivity contribution in [1.82, 2.24) is 4.90 Å². The fraction of sp³-hybridized carbons (Fsp3) is 0.364. The van der Waals surface area contributed by atoms with E-state index in [1.165, 1.54) is 0 Å². The Hall–Kier alpha value is -1.26. The fourth-order valence-corrected chi connectivity index (χ4v) is 1.19. The van der Waals surface area contributed by atoms with E-state index in [0.29, 0.717) is 6.54 Å². The van der Waals surface area contributed by atoms with Crippen LogP contribution in [0.5, 0.6) is 5.75 Å². The Morgan fingerprint density at radius 2 is 2.12 bits per heavy atom. The highest BCUT2D eigenvalue weighted by atomic mass is 35.5. The number of benzene rings is 1. The summed E-state index contributed by atoms with van der Waals surface area (Å²) in [5, 5.41) is 2.79. The van der Waals surface area contributed by atoms with E-state index in [2.05, 4.69) is 5.32 Å². The average Bonchev–Trinajstić information content (AvgIpc) is 2.16. The summed E-state index contributed by atoms with van der Waals surface area (Å²) < 4.78 is 5.06. The van der Waals surface area contributed by atoms with Crippen LogP contribution in [-0.2, 0) is 4.79 Å². The molecule has 0 unspecified atom stereocenters. The maximum Gasteiger partial charge on any atom is 0.238 e. The van der Waals surface area contributed by atoms with Gasteiger partial charge in [0.15, 0.2) is 0 Å². The lowest BCUT2D eigenvalue weighted by Gasteiger charge is -2.10. The minimum Gasteiger partial charge on any atom is -0.497 e. The van der Waals surface area contributed by atoms with Gasteiger partial charge in [-0.05, 0) is 26.2 Å². The van der Waals surface area contributed by atoms with Crippen molar-refractivity contribution in [3.63, 3.8) is 0 Å². The maximum atomic E-state index is 11.4. The first-order chi connectivity index (χ1) is 7.11. The molecule has 0 aliphatic heterocycles. The Kier molecular flexibility index (Phi) is 6.53. The molecule has 0 fully saturated rings. The van der Waals surface area contributed by atoms with Crippen LogP contribution < -0.4 is 10.1 Å². The second-order valence-corrected chi connectivity index (χ2v) is 3.52. The molecule has 0 aliphatic rings. The number of hydrogen-bond acceptors (Lipinski definition) is 3. The third-order valence-corrected chi connectivity index (χ3v) is 1.81. The van der Waals surface area contributed by atoms with E-state index in [1.54, 1.807) is 13.2 Å². The van der Waals surface area contributed by atoms with Gasteiger partial charge in [0, 0.05) is 11.8 Å². The molecule has 0 radical (unpaired) electrons. The summed E-state index contributed by atoms with van der Waals surface area (Å²) in [4.78, 5) is 13.2. The van der Waals surface area contributed by atoms with E-state index in [-0.39, 0.29) is 18.3 Å². The van der Waals surface area contributed by atoms with Crippen molar-refractivity contribution in [3.8, 4) is 5.75 Å². The van der Waals surface area contributed by atoms with Gasteiger partial charge < -0.3 is 15.0 Å². The van der Waals surface area contributed by atoms with Crippen LogP contribution in [0.4, 0.5) is 5.69 Å². The van der Waals surface area contributed by atoms with Crippen LogP contribution in [0.3, 0.4) is 0 Å². The molecular weight excluding hydrogens is 228 g/mol. The normalized spacial score (nSPS) is 9.50. The first kappa shape index (κ1) is 14.7. The van der Waals surface area contributed by atoms with E-state index < -0.39 is 0 Å². The first-order valence-corrected chi connectivity index (χ1v) is 4.70. The minimum atomic E-state index is -0.0340. The van der Waals surface area contributed by atoms with E-state index >= 15 is 0 Å². The second kappa shape index (κ2) is 7.09. The SMILES string of the molecule is COc1cccc(NC(=O)CN(C)C)c1.Cl. The molecule has 0 saturated heterocycles. The zero-order valence-corrected chi connectivity index (χ0v) is 10.5. The zero-order valence-electron chi connectivity index (χ0n) is 9.69. The molecule has 0 bridgehead atoms. The maximum absolute atomic E-state index is 11.4. The Balaban J connectivity index is 0.00000225. The van der Waals surface area contributed by atoms with Gasteiger partial charge in [0.05, 0.1) is 13.7 Å². The summed E-state index contributed by atoms with van der Waals surface area (Å²) in [6, 6.07) is 7.29. The zero-order chi connectivity index (χ0) is 11.3. The van der Waals surface area contributed by atoms with E-state index in [1.807, 2.05) is 37.2 Å². The Bertz CT molecular complexity index is 343. The Morgan fingerprint density at radius 1 is 1.44 bits per heavy atom. The fourth-order valence-electron chi connectivity index (χ4n) is 1.19. The van der Waals surface area contributed by atoms with Gasteiger partial charge in [-0.15, -0.1) is 12.4 Å². The lowest BCUT2D eigenvalue weighted by Crippen LogP contribution is -2.27. The molecule has 1 aromatic rings. The lowest BCUT2D eigenvalue weighted by molar-refractivity contribution is -0.116. The van der Waals surface area contributed by atoms with Crippen molar-refractivity contribution in [3.05, 3.63) is 24.3 Å². The van der Waals surface area contributed by atoms with Crippen LogP contribution in [0.2, 0.25) is 0 Å². The monoisotopic (exact) mass is 244 g/mol. The van der Waals surface area contributed by atoms with Crippen molar-refractivity contribution in [2.75, 3.05) is 33.1 Å². The molecule has 90 valence electrons. The van der Waals surface area contributed by atoms with Gasteiger partial charge in [-0.25, -0.2) is 0 Å². The number of likely N-dealkylation sites (N-methyl/N-ethyl adjacent to an activating group) is 1. The molecule has 0 spiro atoms. The number of amides is 1. The van der Waals surface area contributed by atoms with Crippen molar-refractivity contribution in [1.29, 1.82) is 0 Å². The van der Waals surface area contributed by atoms with Crippen LogP contribution in [0, 0.1) is 0 Å². The van der Waals surface area contributed by atoms with Crippen molar-refractivity contribution in [2.45, 2.75) is 0 Å². The van der Waals surface area contributed by atoms with E-state index in [0.717, 1.165) is 11.4 Å². The Morgan fingerprint density at radius 3 is 2.69 bits per heavy atom. The van der Waals surface area contributed by atoms with Gasteiger partial charge in [-0.2, -0.15) is 0 Å². The van der Waals surface area contributed by atoms with Gasteiger partial charge in [0.25, 0.3) is 0 Å². The number of hydrogen-bond donors (Lipinski definition) is 1. The van der Waals surface area contributed by atoms with Crippen molar-refractivity contribution >= 4 is 24.0 Å². The summed E-state index contributed by atoms with van der Waals surface area (Å²) in [5.41, 5.74) is 0.751. The topological polar surface area (TPSA) is 41.6 Å². The molecular formula is C11H17ClN2O2. The third kappa shape index (κ3) is 5.00. The van der Waals surface area contributed by atoms with E-state index in [9.17, 15) is 4.79 Å². The standard InChI is InChI=1S/C11H16N2O2.ClH/c1-13(2)8-11(14)12-9-5-4-6-10(7-9)15-3;/h4-7H,8H2,1-3H3,(H,12,14);1H. The summed E-state index contributed by atoms with van der Waals surface area (Å²) in [5.74, 6) is 0.700. The highest BCUT2D eigenvalue weighted by molar-refractivity contribution is 5.92. The van der Waals surface area contributed by atoms with Gasteiger partial charge >= 0.3 is 0 Å². The first-order valence-electron chi connectivity index (χ1n) is 4.70. The predicted molar refractivity (Wildman–Crippen MR) is 67.4 cm³/mol. The van der Waals surface area contributed by atoms with Crippen LogP contribution in [0.25, 0.3) is 0 Å². The molecule has 1 amide bonds. The highest BCUT2D eigenvalue weighted by Crippen LogP contribution is 2.16. The number of nitrogens with zero attached hydrogens (tertiary/aromatic N) is 1. The molecule has 4 nitrogen and oxygen atoms in total. The van der Waals surface area contributed by atoms with Gasteiger partial charge in [0.2, 0.25) is 5.91 Å². The van der Waals surface area contributed by atoms with Crippen molar-refractivity contribution in [2.24, 2.45) is 0 Å². The number of halogens is 1. The summed E-state index contributed by atoms with van der Waals surface area (Å²) in [6.45, 7) is 0.372. The number of rotatable bonds is 4. The van der Waals surface area contributed by atoms with E-state index in [4.69, 9.17) is 4.74 Å². The van der Waals surface area contributed by atoms with Crippen LogP contribution in [-0.4, -0.2) is 38.6 Å². The lowest BCUT2D eigenvalue weighted by atomic mass is 10.3. The molecule has 0 atom stereocenters. The number of ether oxygens (including phenoxy) is 1. The number of carbonyl (C=O) groups is 1. The molecule has 1 rings (SSSR count). The third-order valence-electron chi connectivity index (χ3n) is 1.81.